The number of thioether (sulfide) groups is 1. The van der Waals surface area contributed by atoms with Gasteiger partial charge in [-0.25, -0.2) is 4.39 Å². The summed E-state index contributed by atoms with van der Waals surface area (Å²) in [5.41, 5.74) is 1.92. The molecular weight excluding hydrogens is 351 g/mol. The third kappa shape index (κ3) is 4.07. The number of hydrogen-bond acceptors (Lipinski definition) is 3. The minimum Gasteiger partial charge on any atom is -0.326 e. The Balaban J connectivity index is 1.77. The van der Waals surface area contributed by atoms with Gasteiger partial charge in [0.05, 0.1) is 11.4 Å². The lowest BCUT2D eigenvalue weighted by molar-refractivity contribution is -0.116. The highest BCUT2D eigenvalue weighted by molar-refractivity contribution is 8.00. The van der Waals surface area contributed by atoms with Crippen molar-refractivity contribution in [1.82, 2.24) is 0 Å². The number of nitrogens with one attached hydrogen (secondary N) is 1. The second-order valence-corrected chi connectivity index (χ2v) is 7.22. The number of anilines is 2. The van der Waals surface area contributed by atoms with Gasteiger partial charge in [0.15, 0.2) is 0 Å². The highest BCUT2D eigenvalue weighted by Crippen LogP contribution is 2.42. The van der Waals surface area contributed by atoms with E-state index >= 15 is 0 Å². The van der Waals surface area contributed by atoms with Crippen molar-refractivity contribution in [2.45, 2.75) is 31.6 Å². The third-order valence-corrected chi connectivity index (χ3v) is 5.43. The van der Waals surface area contributed by atoms with Gasteiger partial charge >= 0.3 is 0 Å². The monoisotopic (exact) mass is 372 g/mol. The first-order valence-electron chi connectivity index (χ1n) is 8.68. The van der Waals surface area contributed by atoms with E-state index in [4.69, 9.17) is 0 Å². The second kappa shape index (κ2) is 8.36. The van der Waals surface area contributed by atoms with Crippen molar-refractivity contribution in [1.29, 1.82) is 0 Å². The minimum atomic E-state index is -0.409. The summed E-state index contributed by atoms with van der Waals surface area (Å²) in [7, 11) is 0. The molecule has 0 spiro atoms. The molecule has 1 fully saturated rings. The average Bonchev–Trinajstić information content (AvgIpc) is 3.02. The summed E-state index contributed by atoms with van der Waals surface area (Å²) in [6.07, 6.45) is 2.35. The Morgan fingerprint density at radius 2 is 1.96 bits per heavy atom. The van der Waals surface area contributed by atoms with Gasteiger partial charge in [0, 0.05) is 12.1 Å². The summed E-state index contributed by atoms with van der Waals surface area (Å²) < 4.78 is 14.2. The van der Waals surface area contributed by atoms with Crippen molar-refractivity contribution in [2.24, 2.45) is 0 Å². The summed E-state index contributed by atoms with van der Waals surface area (Å²) in [6.45, 7) is 2.05. The first-order chi connectivity index (χ1) is 12.6. The third-order valence-electron chi connectivity index (χ3n) is 4.22. The molecule has 1 saturated heterocycles. The molecule has 1 atom stereocenters. The standard InChI is InChI=1S/C20H21FN2O2S/c1-2-3-8-18(24)22-15-11-9-14(10-12-15)20-23(19(25)13-26-20)17-7-5-4-6-16(17)21/h4-7,9-12,20H,2-3,8,13H2,1H3,(H,22,24). The van der Waals surface area contributed by atoms with Crippen molar-refractivity contribution >= 4 is 35.0 Å². The van der Waals surface area contributed by atoms with Crippen LogP contribution in [0.3, 0.4) is 0 Å². The van der Waals surface area contributed by atoms with Crippen LogP contribution in [0.4, 0.5) is 15.8 Å². The van der Waals surface area contributed by atoms with Gasteiger partial charge in [0.1, 0.15) is 11.2 Å². The summed E-state index contributed by atoms with van der Waals surface area (Å²) >= 11 is 1.47. The van der Waals surface area contributed by atoms with Crippen LogP contribution in [0.1, 0.15) is 37.1 Å². The fourth-order valence-electron chi connectivity index (χ4n) is 2.87. The number of carbonyl (C=O) groups is 2. The maximum absolute atomic E-state index is 14.2. The first kappa shape index (κ1) is 18.5. The minimum absolute atomic E-state index is 0.00185. The number of para-hydroxylation sites is 1. The Morgan fingerprint density at radius 3 is 2.65 bits per heavy atom. The highest BCUT2D eigenvalue weighted by atomic mass is 32.2. The maximum Gasteiger partial charge on any atom is 0.238 e. The smallest absolute Gasteiger partial charge is 0.238 e. The SMILES string of the molecule is CCCCC(=O)Nc1ccc(C2SCC(=O)N2c2ccccc2F)cc1. The largest absolute Gasteiger partial charge is 0.326 e. The predicted octanol–water partition coefficient (Wildman–Crippen LogP) is 4.73. The topological polar surface area (TPSA) is 49.4 Å². The zero-order valence-electron chi connectivity index (χ0n) is 14.6. The molecule has 26 heavy (non-hydrogen) atoms. The van der Waals surface area contributed by atoms with Crippen LogP contribution in [-0.2, 0) is 9.59 Å². The Kier molecular flexibility index (Phi) is 5.93. The molecule has 0 aromatic heterocycles. The van der Waals surface area contributed by atoms with Crippen LogP contribution in [0.5, 0.6) is 0 Å². The van der Waals surface area contributed by atoms with Gasteiger partial charge < -0.3 is 5.32 Å². The summed E-state index contributed by atoms with van der Waals surface area (Å²) in [5.74, 6) is -0.206. The van der Waals surface area contributed by atoms with Crippen molar-refractivity contribution in [2.75, 3.05) is 16.0 Å². The van der Waals surface area contributed by atoms with E-state index in [1.165, 1.54) is 22.7 Å². The molecule has 0 saturated carbocycles. The van der Waals surface area contributed by atoms with Crippen LogP contribution in [0.25, 0.3) is 0 Å². The van der Waals surface area contributed by atoms with Crippen LogP contribution in [-0.4, -0.2) is 17.6 Å². The molecule has 1 aliphatic heterocycles. The highest BCUT2D eigenvalue weighted by Gasteiger charge is 2.35. The summed E-state index contributed by atoms with van der Waals surface area (Å²) in [4.78, 5) is 25.6. The van der Waals surface area contributed by atoms with Gasteiger partial charge in [0.25, 0.3) is 0 Å². The van der Waals surface area contributed by atoms with E-state index in [-0.39, 0.29) is 17.2 Å². The van der Waals surface area contributed by atoms with Crippen LogP contribution < -0.4 is 10.2 Å². The van der Waals surface area contributed by atoms with E-state index in [9.17, 15) is 14.0 Å². The molecule has 6 heteroatoms. The van der Waals surface area contributed by atoms with Gasteiger partial charge in [0.2, 0.25) is 11.8 Å². The Labute approximate surface area is 156 Å². The molecule has 3 rings (SSSR count). The van der Waals surface area contributed by atoms with E-state index in [0.717, 1.165) is 24.1 Å². The van der Waals surface area contributed by atoms with Crippen LogP contribution in [0.2, 0.25) is 0 Å². The normalized spacial score (nSPS) is 16.8. The quantitative estimate of drug-likeness (QED) is 0.797. The Morgan fingerprint density at radius 1 is 1.23 bits per heavy atom. The van der Waals surface area contributed by atoms with Crippen LogP contribution in [0, 0.1) is 5.82 Å². The molecule has 0 radical (unpaired) electrons. The number of rotatable bonds is 6. The van der Waals surface area contributed by atoms with Gasteiger partial charge in [-0.3, -0.25) is 14.5 Å². The molecule has 1 N–H and O–H groups in total. The zero-order chi connectivity index (χ0) is 18.5. The number of hydrogen-bond donors (Lipinski definition) is 1. The van der Waals surface area contributed by atoms with Gasteiger partial charge in [-0.15, -0.1) is 11.8 Å². The predicted molar refractivity (Wildman–Crippen MR) is 104 cm³/mol. The fraction of sp³-hybridized carbons (Fsp3) is 0.300. The molecular formula is C20H21FN2O2S. The van der Waals surface area contributed by atoms with Crippen molar-refractivity contribution in [3.63, 3.8) is 0 Å². The first-order valence-corrected chi connectivity index (χ1v) is 9.73. The molecule has 0 aliphatic carbocycles. The molecule has 136 valence electrons. The van der Waals surface area contributed by atoms with Crippen LogP contribution in [0.15, 0.2) is 48.5 Å². The summed E-state index contributed by atoms with van der Waals surface area (Å²) in [5, 5.41) is 2.60. The summed E-state index contributed by atoms with van der Waals surface area (Å²) in [6, 6.07) is 13.7. The van der Waals surface area contributed by atoms with Gasteiger partial charge in [-0.1, -0.05) is 37.6 Å². The van der Waals surface area contributed by atoms with E-state index in [1.807, 2.05) is 31.2 Å². The number of unbranched alkanes of at least 4 members (excludes halogenated alkanes) is 1. The van der Waals surface area contributed by atoms with Gasteiger partial charge in [-0.05, 0) is 36.2 Å². The van der Waals surface area contributed by atoms with E-state index in [0.29, 0.717) is 17.9 Å². The van der Waals surface area contributed by atoms with Crippen molar-refractivity contribution in [3.8, 4) is 0 Å². The fourth-order valence-corrected chi connectivity index (χ4v) is 4.04. The maximum atomic E-state index is 14.2. The number of nitrogens with zero attached hydrogens (tertiary/aromatic N) is 1. The molecule has 1 aliphatic rings. The average molecular weight is 372 g/mol. The number of carbonyl (C=O) groups excluding carboxylic acids is 2. The number of halogens is 1. The molecule has 2 aromatic carbocycles. The lowest BCUT2D eigenvalue weighted by Gasteiger charge is -2.24. The lowest BCUT2D eigenvalue weighted by Crippen LogP contribution is -2.28. The van der Waals surface area contributed by atoms with Crippen molar-refractivity contribution < 1.29 is 14.0 Å². The van der Waals surface area contributed by atoms with E-state index < -0.39 is 5.82 Å². The Hall–Kier alpha value is -2.34. The van der Waals surface area contributed by atoms with Crippen molar-refractivity contribution in [3.05, 3.63) is 59.9 Å². The zero-order valence-corrected chi connectivity index (χ0v) is 15.4. The van der Waals surface area contributed by atoms with E-state index in [2.05, 4.69) is 5.32 Å². The second-order valence-electron chi connectivity index (χ2n) is 6.15. The molecule has 2 amide bonds. The van der Waals surface area contributed by atoms with E-state index in [1.54, 1.807) is 18.2 Å². The molecule has 4 nitrogen and oxygen atoms in total. The van der Waals surface area contributed by atoms with Gasteiger partial charge in [-0.2, -0.15) is 0 Å². The Bertz CT molecular complexity index is 795. The number of benzene rings is 2. The number of amides is 2. The molecule has 1 unspecified atom stereocenters. The molecule has 0 bridgehead atoms. The van der Waals surface area contributed by atoms with Crippen LogP contribution >= 0.6 is 11.8 Å². The lowest BCUT2D eigenvalue weighted by atomic mass is 10.1. The molecule has 1 heterocycles. The molecule has 2 aromatic rings.